The normalized spacial score (nSPS) is 11.8. The Morgan fingerprint density at radius 1 is 0.605 bits per heavy atom. The maximum atomic E-state index is 10.6. The van der Waals surface area contributed by atoms with Gasteiger partial charge in [0.25, 0.3) is 0 Å². The van der Waals surface area contributed by atoms with Gasteiger partial charge in [-0.2, -0.15) is 0 Å². The first-order chi connectivity index (χ1) is 18.3. The molecular weight excluding hydrogens is 466 g/mol. The van der Waals surface area contributed by atoms with Gasteiger partial charge in [0.15, 0.2) is 0 Å². The molecule has 4 nitrogen and oxygen atoms in total. The van der Waals surface area contributed by atoms with Gasteiger partial charge in [-0.1, -0.05) is 74.5 Å². The summed E-state index contributed by atoms with van der Waals surface area (Å²) < 4.78 is 0. The van der Waals surface area contributed by atoms with Crippen LogP contribution in [-0.4, -0.2) is 15.1 Å². The molecule has 4 heteroatoms. The number of phenols is 1. The molecule has 5 rings (SSSR count). The van der Waals surface area contributed by atoms with Crippen molar-refractivity contribution < 1.29 is 5.11 Å². The Morgan fingerprint density at radius 3 is 2.00 bits per heavy atom. The third-order valence-electron chi connectivity index (χ3n) is 7.33. The minimum absolute atomic E-state index is 0.300. The van der Waals surface area contributed by atoms with E-state index in [9.17, 15) is 5.11 Å². The molecule has 1 N–H and O–H groups in total. The van der Waals surface area contributed by atoms with Gasteiger partial charge in [0, 0.05) is 34.0 Å². The minimum Gasteiger partial charge on any atom is -0.508 e. The Labute approximate surface area is 225 Å². The second-order valence-electron chi connectivity index (χ2n) is 10.6. The number of rotatable bonds is 7. The number of anilines is 3. The number of pyridine rings is 2. The smallest absolute Gasteiger partial charge is 0.137 e. The fraction of sp³-hybridized carbons (Fsp3) is 0.176. The minimum atomic E-state index is -0.403. The van der Waals surface area contributed by atoms with E-state index < -0.39 is 5.41 Å². The van der Waals surface area contributed by atoms with Crippen molar-refractivity contribution in [1.29, 1.82) is 0 Å². The molecule has 0 bridgehead atoms. The van der Waals surface area contributed by atoms with Crippen molar-refractivity contribution in [2.45, 2.75) is 38.5 Å². The lowest BCUT2D eigenvalue weighted by Crippen LogP contribution is -2.23. The van der Waals surface area contributed by atoms with Gasteiger partial charge < -0.3 is 5.11 Å². The van der Waals surface area contributed by atoms with Crippen LogP contribution in [0, 0.1) is 0 Å². The number of hydrogen-bond acceptors (Lipinski definition) is 4. The molecule has 190 valence electrons. The summed E-state index contributed by atoms with van der Waals surface area (Å²) in [4.78, 5) is 12.0. The van der Waals surface area contributed by atoms with Crippen molar-refractivity contribution in [1.82, 2.24) is 9.97 Å². The van der Waals surface area contributed by atoms with Gasteiger partial charge in [0.05, 0.1) is 11.4 Å². The molecule has 38 heavy (non-hydrogen) atoms. The highest BCUT2D eigenvalue weighted by molar-refractivity contribution is 5.75. The molecule has 0 aliphatic carbocycles. The SMILES string of the molecule is CC(C)(c1ccccn1)c1cccc(N(c2ccccc2)c2cccc(C(C)(C)c3ccccc3O)c2)n1. The van der Waals surface area contributed by atoms with E-state index in [2.05, 4.69) is 86.1 Å². The number of aromatic nitrogens is 2. The molecule has 5 aromatic rings. The van der Waals surface area contributed by atoms with Crippen molar-refractivity contribution >= 4 is 17.2 Å². The van der Waals surface area contributed by atoms with E-state index in [0.29, 0.717) is 5.75 Å². The van der Waals surface area contributed by atoms with Crippen molar-refractivity contribution in [3.63, 3.8) is 0 Å². The van der Waals surface area contributed by atoms with Crippen LogP contribution >= 0.6 is 0 Å². The zero-order chi connectivity index (χ0) is 26.8. The summed E-state index contributed by atoms with van der Waals surface area (Å²) >= 11 is 0. The zero-order valence-corrected chi connectivity index (χ0v) is 22.3. The van der Waals surface area contributed by atoms with Crippen molar-refractivity contribution in [2.75, 3.05) is 4.90 Å². The molecule has 0 fully saturated rings. The standard InChI is InChI=1S/C34H33N3O/c1-33(2,28-18-8-9-19-29(28)38)25-14-12-17-27(24-25)37(26-15-6-5-7-16-26)32-22-13-21-31(36-32)34(3,4)30-20-10-11-23-35-30/h5-24,38H,1-4H3. The Morgan fingerprint density at radius 2 is 1.26 bits per heavy atom. The molecule has 0 aliphatic heterocycles. The molecule has 0 saturated heterocycles. The topological polar surface area (TPSA) is 49.2 Å². The Kier molecular flexibility index (Phi) is 6.73. The highest BCUT2D eigenvalue weighted by atomic mass is 16.3. The highest BCUT2D eigenvalue weighted by Gasteiger charge is 2.29. The van der Waals surface area contributed by atoms with E-state index in [1.54, 1.807) is 6.07 Å². The van der Waals surface area contributed by atoms with Crippen molar-refractivity contribution in [3.05, 3.63) is 144 Å². The zero-order valence-electron chi connectivity index (χ0n) is 22.3. The highest BCUT2D eigenvalue weighted by Crippen LogP contribution is 2.41. The lowest BCUT2D eigenvalue weighted by Gasteiger charge is -2.31. The predicted molar refractivity (Wildman–Crippen MR) is 156 cm³/mol. The lowest BCUT2D eigenvalue weighted by molar-refractivity contribution is 0.453. The molecule has 2 aromatic heterocycles. The summed E-state index contributed by atoms with van der Waals surface area (Å²) in [6.45, 7) is 8.60. The maximum absolute atomic E-state index is 10.6. The molecule has 0 atom stereocenters. The van der Waals surface area contributed by atoms with E-state index in [4.69, 9.17) is 4.98 Å². The largest absolute Gasteiger partial charge is 0.508 e. The predicted octanol–water partition coefficient (Wildman–Crippen LogP) is 8.30. The van der Waals surface area contributed by atoms with Crippen LogP contribution < -0.4 is 4.90 Å². The van der Waals surface area contributed by atoms with Gasteiger partial charge in [0.2, 0.25) is 0 Å². The van der Waals surface area contributed by atoms with Crippen LogP contribution in [0.25, 0.3) is 0 Å². The Balaban J connectivity index is 1.63. The quantitative estimate of drug-likeness (QED) is 0.245. The first-order valence-electron chi connectivity index (χ1n) is 12.9. The number of phenolic OH excluding ortho intramolecular Hbond substituents is 1. The molecule has 0 spiro atoms. The lowest BCUT2D eigenvalue weighted by atomic mass is 9.77. The van der Waals surface area contributed by atoms with E-state index in [0.717, 1.165) is 39.7 Å². The Hall–Kier alpha value is -4.44. The number of aromatic hydroxyl groups is 1. The summed E-state index contributed by atoms with van der Waals surface area (Å²) in [5, 5.41) is 10.6. The number of nitrogens with zero attached hydrogens (tertiary/aromatic N) is 3. The van der Waals surface area contributed by atoms with E-state index in [-0.39, 0.29) is 5.41 Å². The summed E-state index contributed by atoms with van der Waals surface area (Å²) in [5.41, 5.74) is 5.15. The molecule has 0 saturated carbocycles. The average Bonchev–Trinajstić information content (AvgIpc) is 2.95. The van der Waals surface area contributed by atoms with E-state index in [1.807, 2.05) is 66.9 Å². The number of benzene rings is 3. The van der Waals surface area contributed by atoms with E-state index in [1.165, 1.54) is 0 Å². The maximum Gasteiger partial charge on any atom is 0.137 e. The summed E-state index contributed by atoms with van der Waals surface area (Å²) in [6, 6.07) is 38.5. The van der Waals surface area contributed by atoms with Gasteiger partial charge >= 0.3 is 0 Å². The number of para-hydroxylation sites is 2. The van der Waals surface area contributed by atoms with Crippen LogP contribution in [-0.2, 0) is 10.8 Å². The first kappa shape index (κ1) is 25.2. The van der Waals surface area contributed by atoms with Crippen LogP contribution in [0.3, 0.4) is 0 Å². The van der Waals surface area contributed by atoms with Gasteiger partial charge in [-0.25, -0.2) is 4.98 Å². The molecular formula is C34H33N3O. The monoisotopic (exact) mass is 499 g/mol. The summed E-state index contributed by atoms with van der Waals surface area (Å²) in [7, 11) is 0. The molecule has 0 aliphatic rings. The Bertz CT molecular complexity index is 1530. The first-order valence-corrected chi connectivity index (χ1v) is 12.9. The third-order valence-corrected chi connectivity index (χ3v) is 7.33. The summed E-state index contributed by atoms with van der Waals surface area (Å²) in [5.74, 6) is 1.13. The van der Waals surface area contributed by atoms with E-state index >= 15 is 0 Å². The average molecular weight is 500 g/mol. The number of hydrogen-bond donors (Lipinski definition) is 1. The molecule has 3 aromatic carbocycles. The van der Waals surface area contributed by atoms with Crippen LogP contribution in [0.4, 0.5) is 17.2 Å². The van der Waals surface area contributed by atoms with Crippen LogP contribution in [0.1, 0.15) is 50.2 Å². The second kappa shape index (κ2) is 10.1. The van der Waals surface area contributed by atoms with Gasteiger partial charge in [0.1, 0.15) is 11.6 Å². The molecule has 0 unspecified atom stereocenters. The van der Waals surface area contributed by atoms with Gasteiger partial charge in [-0.05, 0) is 74.0 Å². The fourth-order valence-corrected chi connectivity index (χ4v) is 4.94. The van der Waals surface area contributed by atoms with Crippen molar-refractivity contribution in [2.24, 2.45) is 0 Å². The summed E-state index contributed by atoms with van der Waals surface area (Å²) in [6.07, 6.45) is 1.83. The van der Waals surface area contributed by atoms with Crippen LogP contribution in [0.5, 0.6) is 5.75 Å². The molecule has 0 amide bonds. The molecule has 0 radical (unpaired) electrons. The van der Waals surface area contributed by atoms with Gasteiger partial charge in [-0.15, -0.1) is 0 Å². The molecule has 2 heterocycles. The van der Waals surface area contributed by atoms with Gasteiger partial charge in [-0.3, -0.25) is 9.88 Å². The van der Waals surface area contributed by atoms with Crippen molar-refractivity contribution in [3.8, 4) is 5.75 Å². The third kappa shape index (κ3) is 4.78. The second-order valence-corrected chi connectivity index (χ2v) is 10.6. The van der Waals surface area contributed by atoms with Crippen LogP contribution in [0.15, 0.2) is 121 Å². The van der Waals surface area contributed by atoms with Crippen LogP contribution in [0.2, 0.25) is 0 Å². The fourth-order valence-electron chi connectivity index (χ4n) is 4.94.